The van der Waals surface area contributed by atoms with E-state index in [0.717, 1.165) is 18.4 Å². The van der Waals surface area contributed by atoms with E-state index in [1.807, 2.05) is 26.1 Å². The number of nitrogens with one attached hydrogen (secondary N) is 1. The highest BCUT2D eigenvalue weighted by Crippen LogP contribution is 2.20. The van der Waals surface area contributed by atoms with Gasteiger partial charge in [-0.15, -0.1) is 0 Å². The predicted octanol–water partition coefficient (Wildman–Crippen LogP) is 2.85. The number of benzene rings is 1. The van der Waals surface area contributed by atoms with Crippen LogP contribution in [-0.4, -0.2) is 32.9 Å². The van der Waals surface area contributed by atoms with Crippen LogP contribution in [-0.2, 0) is 16.6 Å². The highest BCUT2D eigenvalue weighted by atomic mass is 32.2. The zero-order chi connectivity index (χ0) is 15.9. The summed E-state index contributed by atoms with van der Waals surface area (Å²) >= 11 is 0. The lowest BCUT2D eigenvalue weighted by Gasteiger charge is -2.25. The molecular weight excluding hydrogens is 284 g/mol. The molecule has 4 nitrogen and oxygen atoms in total. The zero-order valence-electron chi connectivity index (χ0n) is 13.6. The SMILES string of the molecule is CCC(CC)CN(CC)S(=O)(=O)c1cccc(CNC)c1. The van der Waals surface area contributed by atoms with Gasteiger partial charge in [0.05, 0.1) is 4.90 Å². The smallest absolute Gasteiger partial charge is 0.243 e. The minimum atomic E-state index is -3.40. The molecule has 0 bridgehead atoms. The normalized spacial score (nSPS) is 12.3. The Morgan fingerprint density at radius 1 is 1.19 bits per heavy atom. The van der Waals surface area contributed by atoms with Crippen LogP contribution in [0.4, 0.5) is 0 Å². The summed E-state index contributed by atoms with van der Waals surface area (Å²) < 4.78 is 27.2. The van der Waals surface area contributed by atoms with Crippen LogP contribution in [0.15, 0.2) is 29.2 Å². The minimum absolute atomic E-state index is 0.392. The molecule has 1 aromatic rings. The minimum Gasteiger partial charge on any atom is -0.316 e. The van der Waals surface area contributed by atoms with Crippen molar-refractivity contribution in [3.63, 3.8) is 0 Å². The summed E-state index contributed by atoms with van der Waals surface area (Å²) in [6.07, 6.45) is 2.00. The third-order valence-corrected chi connectivity index (χ3v) is 5.82. The van der Waals surface area contributed by atoms with Gasteiger partial charge in [0.1, 0.15) is 0 Å². The highest BCUT2D eigenvalue weighted by molar-refractivity contribution is 7.89. The van der Waals surface area contributed by atoms with Gasteiger partial charge in [0.15, 0.2) is 0 Å². The van der Waals surface area contributed by atoms with Crippen LogP contribution in [0, 0.1) is 5.92 Å². The molecule has 1 rings (SSSR count). The second kappa shape index (κ2) is 8.51. The van der Waals surface area contributed by atoms with Crippen LogP contribution < -0.4 is 5.32 Å². The van der Waals surface area contributed by atoms with Crippen molar-refractivity contribution in [1.82, 2.24) is 9.62 Å². The summed E-state index contributed by atoms with van der Waals surface area (Å²) in [7, 11) is -1.55. The molecule has 0 heterocycles. The quantitative estimate of drug-likeness (QED) is 0.763. The van der Waals surface area contributed by atoms with Crippen LogP contribution in [0.2, 0.25) is 0 Å². The molecule has 0 radical (unpaired) electrons. The van der Waals surface area contributed by atoms with E-state index in [1.54, 1.807) is 16.4 Å². The molecule has 0 aromatic heterocycles. The molecule has 0 aliphatic rings. The molecular formula is C16H28N2O2S. The van der Waals surface area contributed by atoms with Gasteiger partial charge in [-0.05, 0) is 30.7 Å². The maximum Gasteiger partial charge on any atom is 0.243 e. The summed E-state index contributed by atoms with van der Waals surface area (Å²) in [5.74, 6) is 0.417. The Morgan fingerprint density at radius 3 is 2.38 bits per heavy atom. The molecule has 0 amide bonds. The van der Waals surface area contributed by atoms with Gasteiger partial charge in [-0.2, -0.15) is 4.31 Å². The summed E-state index contributed by atoms with van der Waals surface area (Å²) in [5.41, 5.74) is 0.983. The van der Waals surface area contributed by atoms with Crippen molar-refractivity contribution < 1.29 is 8.42 Å². The van der Waals surface area contributed by atoms with Crippen molar-refractivity contribution in [2.24, 2.45) is 5.92 Å². The van der Waals surface area contributed by atoms with Crippen LogP contribution in [0.5, 0.6) is 0 Å². The Bertz CT molecular complexity index is 525. The lowest BCUT2D eigenvalue weighted by atomic mass is 10.0. The fourth-order valence-corrected chi connectivity index (χ4v) is 4.00. The Labute approximate surface area is 129 Å². The molecule has 0 saturated carbocycles. The maximum atomic E-state index is 12.8. The molecule has 21 heavy (non-hydrogen) atoms. The zero-order valence-corrected chi connectivity index (χ0v) is 14.4. The first kappa shape index (κ1) is 18.1. The van der Waals surface area contributed by atoms with E-state index in [9.17, 15) is 8.42 Å². The van der Waals surface area contributed by atoms with E-state index < -0.39 is 10.0 Å². The average Bonchev–Trinajstić information content (AvgIpc) is 2.49. The standard InChI is InChI=1S/C16H28N2O2S/c1-5-14(6-2)13-18(7-3)21(19,20)16-10-8-9-15(11-16)12-17-4/h8-11,14,17H,5-7,12-13H2,1-4H3. The lowest BCUT2D eigenvalue weighted by molar-refractivity contribution is 0.339. The van der Waals surface area contributed by atoms with E-state index in [-0.39, 0.29) is 0 Å². The number of hydrogen-bond acceptors (Lipinski definition) is 3. The van der Waals surface area contributed by atoms with Crippen molar-refractivity contribution >= 4 is 10.0 Å². The number of nitrogens with zero attached hydrogens (tertiary/aromatic N) is 1. The topological polar surface area (TPSA) is 49.4 Å². The first-order valence-electron chi connectivity index (χ1n) is 7.73. The number of rotatable bonds is 9. The van der Waals surface area contributed by atoms with Crippen LogP contribution in [0.3, 0.4) is 0 Å². The summed E-state index contributed by atoms with van der Waals surface area (Å²) in [5, 5.41) is 3.05. The molecule has 0 aliphatic carbocycles. The van der Waals surface area contributed by atoms with Gasteiger partial charge < -0.3 is 5.32 Å². The van der Waals surface area contributed by atoms with Crippen LogP contribution in [0.25, 0.3) is 0 Å². The molecule has 0 saturated heterocycles. The van der Waals surface area contributed by atoms with Gasteiger partial charge in [0.2, 0.25) is 10.0 Å². The molecule has 0 unspecified atom stereocenters. The highest BCUT2D eigenvalue weighted by Gasteiger charge is 2.25. The van der Waals surface area contributed by atoms with Crippen molar-refractivity contribution in [2.75, 3.05) is 20.1 Å². The number of sulfonamides is 1. The molecule has 0 fully saturated rings. The number of hydrogen-bond donors (Lipinski definition) is 1. The van der Waals surface area contributed by atoms with Gasteiger partial charge in [-0.1, -0.05) is 45.7 Å². The first-order chi connectivity index (χ1) is 9.99. The van der Waals surface area contributed by atoms with Gasteiger partial charge in [0.25, 0.3) is 0 Å². The van der Waals surface area contributed by atoms with E-state index in [0.29, 0.717) is 30.4 Å². The second-order valence-electron chi connectivity index (χ2n) is 5.32. The van der Waals surface area contributed by atoms with E-state index in [1.165, 1.54) is 0 Å². The van der Waals surface area contributed by atoms with Crippen molar-refractivity contribution in [3.8, 4) is 0 Å². The largest absolute Gasteiger partial charge is 0.316 e. The third-order valence-electron chi connectivity index (χ3n) is 3.89. The Morgan fingerprint density at radius 2 is 1.86 bits per heavy atom. The molecule has 0 aliphatic heterocycles. The van der Waals surface area contributed by atoms with Crippen molar-refractivity contribution in [3.05, 3.63) is 29.8 Å². The van der Waals surface area contributed by atoms with Crippen LogP contribution >= 0.6 is 0 Å². The second-order valence-corrected chi connectivity index (χ2v) is 7.25. The molecule has 5 heteroatoms. The fourth-order valence-electron chi connectivity index (χ4n) is 2.40. The summed E-state index contributed by atoms with van der Waals surface area (Å²) in [4.78, 5) is 0.392. The Balaban J connectivity index is 3.03. The molecule has 0 atom stereocenters. The third kappa shape index (κ3) is 4.80. The monoisotopic (exact) mass is 312 g/mol. The van der Waals surface area contributed by atoms with Gasteiger partial charge in [-0.25, -0.2) is 8.42 Å². The van der Waals surface area contributed by atoms with E-state index in [4.69, 9.17) is 0 Å². The van der Waals surface area contributed by atoms with E-state index >= 15 is 0 Å². The lowest BCUT2D eigenvalue weighted by Crippen LogP contribution is -2.35. The molecule has 120 valence electrons. The molecule has 1 N–H and O–H groups in total. The average molecular weight is 312 g/mol. The molecule has 1 aromatic carbocycles. The predicted molar refractivity (Wildman–Crippen MR) is 87.7 cm³/mol. The van der Waals surface area contributed by atoms with E-state index in [2.05, 4.69) is 19.2 Å². The first-order valence-corrected chi connectivity index (χ1v) is 9.17. The summed E-state index contributed by atoms with van der Waals surface area (Å²) in [6.45, 7) is 7.90. The fraction of sp³-hybridized carbons (Fsp3) is 0.625. The van der Waals surface area contributed by atoms with Crippen molar-refractivity contribution in [2.45, 2.75) is 45.1 Å². The van der Waals surface area contributed by atoms with Gasteiger partial charge in [0, 0.05) is 19.6 Å². The van der Waals surface area contributed by atoms with Gasteiger partial charge in [-0.3, -0.25) is 0 Å². The van der Waals surface area contributed by atoms with Crippen molar-refractivity contribution in [1.29, 1.82) is 0 Å². The van der Waals surface area contributed by atoms with Gasteiger partial charge >= 0.3 is 0 Å². The molecule has 0 spiro atoms. The Hall–Kier alpha value is -0.910. The Kier molecular flexibility index (Phi) is 7.35. The summed E-state index contributed by atoms with van der Waals surface area (Å²) in [6, 6.07) is 7.20. The van der Waals surface area contributed by atoms with Crippen LogP contribution in [0.1, 0.15) is 39.2 Å². The maximum absolute atomic E-state index is 12.8.